The lowest BCUT2D eigenvalue weighted by molar-refractivity contribution is -0.127. The molecule has 5 nitrogen and oxygen atoms in total. The minimum Gasteiger partial charge on any atom is -0.497 e. The first kappa shape index (κ1) is 18.0. The van der Waals surface area contributed by atoms with Gasteiger partial charge in [0.2, 0.25) is 0 Å². The van der Waals surface area contributed by atoms with Gasteiger partial charge in [0.25, 0.3) is 5.91 Å². The van der Waals surface area contributed by atoms with Crippen molar-refractivity contribution in [3.63, 3.8) is 0 Å². The number of nitrogens with zero attached hydrogens (tertiary/aromatic N) is 1. The molecule has 126 valence electrons. The SMILES string of the molecule is COc1ccc(/C(C)=N\NC(=O)[C@@H](C)Oc2cccc(Br)c2)cc1. The summed E-state index contributed by atoms with van der Waals surface area (Å²) in [5, 5.41) is 4.12. The summed E-state index contributed by atoms with van der Waals surface area (Å²) in [6.07, 6.45) is -0.660. The van der Waals surface area contributed by atoms with E-state index in [1.807, 2.05) is 43.3 Å². The van der Waals surface area contributed by atoms with Crippen LogP contribution in [0, 0.1) is 0 Å². The van der Waals surface area contributed by atoms with Crippen LogP contribution in [0.5, 0.6) is 11.5 Å². The summed E-state index contributed by atoms with van der Waals surface area (Å²) < 4.78 is 11.6. The highest BCUT2D eigenvalue weighted by Gasteiger charge is 2.14. The topological polar surface area (TPSA) is 59.9 Å². The van der Waals surface area contributed by atoms with Gasteiger partial charge in [-0.25, -0.2) is 5.43 Å². The molecular formula is C18H19BrN2O3. The molecule has 1 N–H and O–H groups in total. The second-order valence-electron chi connectivity index (χ2n) is 5.12. The Morgan fingerprint density at radius 3 is 2.50 bits per heavy atom. The predicted molar refractivity (Wildman–Crippen MR) is 97.6 cm³/mol. The Hall–Kier alpha value is -2.34. The fourth-order valence-electron chi connectivity index (χ4n) is 1.92. The molecule has 0 saturated heterocycles. The van der Waals surface area contributed by atoms with Crippen LogP contribution in [-0.2, 0) is 4.79 Å². The second-order valence-corrected chi connectivity index (χ2v) is 6.03. The largest absolute Gasteiger partial charge is 0.497 e. The number of carbonyl (C=O) groups excluding carboxylic acids is 1. The molecule has 0 aromatic heterocycles. The van der Waals surface area contributed by atoms with Crippen molar-refractivity contribution in [1.82, 2.24) is 5.43 Å². The molecule has 0 bridgehead atoms. The van der Waals surface area contributed by atoms with E-state index in [1.54, 1.807) is 26.2 Å². The van der Waals surface area contributed by atoms with Crippen LogP contribution in [0.1, 0.15) is 19.4 Å². The first-order valence-corrected chi connectivity index (χ1v) is 8.19. The Balaban J connectivity index is 1.95. The molecule has 6 heteroatoms. The zero-order chi connectivity index (χ0) is 17.5. The zero-order valence-electron chi connectivity index (χ0n) is 13.7. The molecule has 2 aromatic rings. The van der Waals surface area contributed by atoms with Gasteiger partial charge in [0, 0.05) is 4.47 Å². The van der Waals surface area contributed by atoms with Crippen molar-refractivity contribution in [1.29, 1.82) is 0 Å². The van der Waals surface area contributed by atoms with Gasteiger partial charge in [0.05, 0.1) is 12.8 Å². The lowest BCUT2D eigenvalue weighted by Crippen LogP contribution is -2.33. The number of halogens is 1. The monoisotopic (exact) mass is 390 g/mol. The van der Waals surface area contributed by atoms with E-state index < -0.39 is 6.10 Å². The molecule has 0 aliphatic carbocycles. The van der Waals surface area contributed by atoms with Gasteiger partial charge >= 0.3 is 0 Å². The molecule has 0 saturated carbocycles. The second kappa shape index (κ2) is 8.49. The molecule has 0 aliphatic heterocycles. The van der Waals surface area contributed by atoms with Crippen molar-refractivity contribution in [2.24, 2.45) is 5.10 Å². The van der Waals surface area contributed by atoms with Gasteiger partial charge in [-0.3, -0.25) is 4.79 Å². The van der Waals surface area contributed by atoms with Crippen molar-refractivity contribution >= 4 is 27.5 Å². The maximum Gasteiger partial charge on any atom is 0.280 e. The van der Waals surface area contributed by atoms with E-state index in [-0.39, 0.29) is 5.91 Å². The average molecular weight is 391 g/mol. The van der Waals surface area contributed by atoms with Gasteiger partial charge in [-0.15, -0.1) is 0 Å². The number of rotatable bonds is 6. The summed E-state index contributed by atoms with van der Waals surface area (Å²) in [5.41, 5.74) is 4.12. The number of ether oxygens (including phenoxy) is 2. The van der Waals surface area contributed by atoms with Gasteiger partial charge < -0.3 is 9.47 Å². The number of carbonyl (C=O) groups is 1. The van der Waals surface area contributed by atoms with Crippen LogP contribution in [-0.4, -0.2) is 24.8 Å². The number of benzene rings is 2. The standard InChI is InChI=1S/C18H19BrN2O3/c1-12(14-7-9-16(23-3)10-8-14)20-21-18(22)13(2)24-17-6-4-5-15(19)11-17/h4-11,13H,1-3H3,(H,21,22)/b20-12-/t13-/m1/s1. The molecular weight excluding hydrogens is 372 g/mol. The zero-order valence-corrected chi connectivity index (χ0v) is 15.3. The Morgan fingerprint density at radius 1 is 1.17 bits per heavy atom. The number of amides is 1. The van der Waals surface area contributed by atoms with E-state index in [1.165, 1.54) is 0 Å². The van der Waals surface area contributed by atoms with E-state index in [9.17, 15) is 4.79 Å². The molecule has 2 aromatic carbocycles. The predicted octanol–water partition coefficient (Wildman–Crippen LogP) is 3.77. The molecule has 1 atom stereocenters. The van der Waals surface area contributed by atoms with Crippen molar-refractivity contribution in [3.05, 3.63) is 58.6 Å². The Kier molecular flexibility index (Phi) is 6.37. The molecule has 24 heavy (non-hydrogen) atoms. The van der Waals surface area contributed by atoms with Crippen LogP contribution in [0.2, 0.25) is 0 Å². The van der Waals surface area contributed by atoms with E-state index in [0.29, 0.717) is 11.5 Å². The van der Waals surface area contributed by atoms with Crippen molar-refractivity contribution < 1.29 is 14.3 Å². The fourth-order valence-corrected chi connectivity index (χ4v) is 2.30. The summed E-state index contributed by atoms with van der Waals surface area (Å²) in [6, 6.07) is 14.8. The minimum absolute atomic E-state index is 0.317. The average Bonchev–Trinajstić information content (AvgIpc) is 2.59. The lowest BCUT2D eigenvalue weighted by Gasteiger charge is -2.13. The first-order valence-electron chi connectivity index (χ1n) is 7.40. The number of hydrogen-bond acceptors (Lipinski definition) is 4. The maximum absolute atomic E-state index is 12.1. The summed E-state index contributed by atoms with van der Waals surface area (Å²) in [7, 11) is 1.61. The summed E-state index contributed by atoms with van der Waals surface area (Å²) in [4.78, 5) is 12.1. The minimum atomic E-state index is -0.660. The quantitative estimate of drug-likeness (QED) is 0.603. The normalized spacial score (nSPS) is 12.4. The Labute approximate surface area is 149 Å². The van der Waals surface area contributed by atoms with Gasteiger partial charge in [0.1, 0.15) is 11.5 Å². The van der Waals surface area contributed by atoms with Gasteiger partial charge in [0.15, 0.2) is 6.10 Å². The Morgan fingerprint density at radius 2 is 1.88 bits per heavy atom. The third-order valence-electron chi connectivity index (χ3n) is 3.32. The van der Waals surface area contributed by atoms with E-state index in [4.69, 9.17) is 9.47 Å². The third-order valence-corrected chi connectivity index (χ3v) is 3.81. The van der Waals surface area contributed by atoms with Gasteiger partial charge in [-0.1, -0.05) is 22.0 Å². The highest BCUT2D eigenvalue weighted by molar-refractivity contribution is 9.10. The number of nitrogens with one attached hydrogen (secondary N) is 1. The van der Waals surface area contributed by atoms with Gasteiger partial charge in [-0.2, -0.15) is 5.10 Å². The lowest BCUT2D eigenvalue weighted by atomic mass is 10.1. The van der Waals surface area contributed by atoms with E-state index in [2.05, 4.69) is 26.5 Å². The third kappa shape index (κ3) is 5.09. The number of hydrazone groups is 1. The highest BCUT2D eigenvalue weighted by Crippen LogP contribution is 2.19. The van der Waals surface area contributed by atoms with Crippen molar-refractivity contribution in [2.45, 2.75) is 20.0 Å². The molecule has 0 aliphatic rings. The fraction of sp³-hybridized carbons (Fsp3) is 0.222. The number of hydrogen-bond donors (Lipinski definition) is 1. The van der Waals surface area contributed by atoms with Crippen LogP contribution < -0.4 is 14.9 Å². The van der Waals surface area contributed by atoms with E-state index in [0.717, 1.165) is 15.8 Å². The van der Waals surface area contributed by atoms with Crippen LogP contribution in [0.25, 0.3) is 0 Å². The first-order chi connectivity index (χ1) is 11.5. The van der Waals surface area contributed by atoms with Crippen LogP contribution >= 0.6 is 15.9 Å². The van der Waals surface area contributed by atoms with Crippen molar-refractivity contribution in [3.8, 4) is 11.5 Å². The van der Waals surface area contributed by atoms with Crippen LogP contribution in [0.4, 0.5) is 0 Å². The summed E-state index contributed by atoms with van der Waals surface area (Å²) >= 11 is 3.36. The molecule has 0 spiro atoms. The number of methoxy groups -OCH3 is 1. The molecule has 0 unspecified atom stereocenters. The maximum atomic E-state index is 12.1. The van der Waals surface area contributed by atoms with Crippen LogP contribution in [0.3, 0.4) is 0 Å². The van der Waals surface area contributed by atoms with Crippen LogP contribution in [0.15, 0.2) is 58.1 Å². The Bertz CT molecular complexity index is 729. The summed E-state index contributed by atoms with van der Waals surface area (Å²) in [6.45, 7) is 3.50. The summed E-state index contributed by atoms with van der Waals surface area (Å²) in [5.74, 6) is 1.07. The molecule has 0 heterocycles. The molecule has 0 fully saturated rings. The van der Waals surface area contributed by atoms with Crippen molar-refractivity contribution in [2.75, 3.05) is 7.11 Å². The molecule has 0 radical (unpaired) electrons. The molecule has 2 rings (SSSR count). The van der Waals surface area contributed by atoms with Gasteiger partial charge in [-0.05, 0) is 61.9 Å². The van der Waals surface area contributed by atoms with E-state index >= 15 is 0 Å². The smallest absolute Gasteiger partial charge is 0.280 e. The highest BCUT2D eigenvalue weighted by atomic mass is 79.9. The molecule has 1 amide bonds.